The molecule has 2 amide bonds. The molecule has 28 heavy (non-hydrogen) atoms. The molecule has 1 aromatic carbocycles. The van der Waals surface area contributed by atoms with Crippen LogP contribution in [0.1, 0.15) is 37.7 Å². The number of likely N-dealkylation sites (tertiary alicyclic amines) is 1. The van der Waals surface area contributed by atoms with Gasteiger partial charge in [-0.1, -0.05) is 12.8 Å². The van der Waals surface area contributed by atoms with E-state index in [1.165, 1.54) is 17.0 Å². The number of rotatable bonds is 7. The maximum atomic E-state index is 12.5. The molecule has 2 N–H and O–H groups in total. The van der Waals surface area contributed by atoms with E-state index in [2.05, 4.69) is 5.32 Å². The van der Waals surface area contributed by atoms with Crippen molar-refractivity contribution in [1.29, 1.82) is 0 Å². The monoisotopic (exact) mass is 402 g/mol. The van der Waals surface area contributed by atoms with E-state index in [9.17, 15) is 27.9 Å². The molecule has 1 aliphatic heterocycles. The average molecular weight is 402 g/mol. The van der Waals surface area contributed by atoms with Crippen molar-refractivity contribution in [3.63, 3.8) is 0 Å². The zero-order valence-corrected chi connectivity index (χ0v) is 15.5. The Labute approximate surface area is 161 Å². The molecule has 0 aromatic heterocycles. The van der Waals surface area contributed by atoms with Crippen LogP contribution in [0.15, 0.2) is 24.3 Å². The molecule has 1 aliphatic rings. The normalized spacial score (nSPS) is 16.9. The number of hydrogen-bond acceptors (Lipinski definition) is 4. The Kier molecular flexibility index (Phi) is 8.10. The summed E-state index contributed by atoms with van der Waals surface area (Å²) >= 11 is 0. The van der Waals surface area contributed by atoms with Gasteiger partial charge in [0.25, 0.3) is 0 Å². The molecule has 0 saturated carbocycles. The predicted molar refractivity (Wildman–Crippen MR) is 95.6 cm³/mol. The first-order chi connectivity index (χ1) is 13.3. The van der Waals surface area contributed by atoms with Crippen LogP contribution in [0, 0.1) is 0 Å². The molecule has 0 radical (unpaired) electrons. The molecular weight excluding hydrogens is 377 g/mol. The lowest BCUT2D eigenvalue weighted by molar-refractivity contribution is -0.137. The number of hydrogen-bond donors (Lipinski definition) is 2. The quantitative estimate of drug-likeness (QED) is 0.734. The summed E-state index contributed by atoms with van der Waals surface area (Å²) in [5.74, 6) is -0.229. The Morgan fingerprint density at radius 2 is 1.86 bits per heavy atom. The first-order valence-corrected chi connectivity index (χ1v) is 9.28. The molecule has 1 unspecified atom stereocenters. The van der Waals surface area contributed by atoms with Gasteiger partial charge in [0.1, 0.15) is 18.5 Å². The summed E-state index contributed by atoms with van der Waals surface area (Å²) < 4.78 is 42.7. The van der Waals surface area contributed by atoms with Crippen LogP contribution >= 0.6 is 0 Å². The van der Waals surface area contributed by atoms with Crippen molar-refractivity contribution in [2.24, 2.45) is 0 Å². The first-order valence-electron chi connectivity index (χ1n) is 9.28. The highest BCUT2D eigenvalue weighted by Crippen LogP contribution is 2.30. The molecule has 1 saturated heterocycles. The molecule has 1 fully saturated rings. The van der Waals surface area contributed by atoms with Crippen LogP contribution in [0.2, 0.25) is 0 Å². The van der Waals surface area contributed by atoms with E-state index in [-0.39, 0.29) is 37.3 Å². The number of carbonyl (C=O) groups is 2. The van der Waals surface area contributed by atoms with Gasteiger partial charge in [-0.15, -0.1) is 0 Å². The van der Waals surface area contributed by atoms with Gasteiger partial charge in [0, 0.05) is 19.5 Å². The van der Waals surface area contributed by atoms with Gasteiger partial charge >= 0.3 is 6.18 Å². The Morgan fingerprint density at radius 1 is 1.18 bits per heavy atom. The second-order valence-electron chi connectivity index (χ2n) is 6.77. The number of carbonyl (C=O) groups excluding carboxylic acids is 2. The van der Waals surface area contributed by atoms with E-state index in [4.69, 9.17) is 4.74 Å². The minimum Gasteiger partial charge on any atom is -0.491 e. The number of nitrogens with one attached hydrogen (secondary N) is 1. The number of nitrogens with zero attached hydrogens (tertiary/aromatic N) is 1. The summed E-state index contributed by atoms with van der Waals surface area (Å²) in [6, 6.07) is 4.12. The molecule has 1 aromatic rings. The summed E-state index contributed by atoms with van der Waals surface area (Å²) in [7, 11) is 0. The zero-order valence-electron chi connectivity index (χ0n) is 15.5. The number of ether oxygens (including phenoxy) is 1. The Morgan fingerprint density at radius 3 is 2.54 bits per heavy atom. The van der Waals surface area contributed by atoms with Crippen molar-refractivity contribution in [3.8, 4) is 5.75 Å². The van der Waals surface area contributed by atoms with E-state index < -0.39 is 17.8 Å². The minimum absolute atomic E-state index is 0.0407. The predicted octanol–water partition coefficient (Wildman–Crippen LogP) is 2.35. The molecular formula is C19H25F3N2O4. The largest absolute Gasteiger partial charge is 0.491 e. The van der Waals surface area contributed by atoms with Crippen LogP contribution in [-0.2, 0) is 15.8 Å². The van der Waals surface area contributed by atoms with Crippen LogP contribution in [0.4, 0.5) is 13.2 Å². The van der Waals surface area contributed by atoms with Crippen molar-refractivity contribution in [2.45, 2.75) is 44.4 Å². The van der Waals surface area contributed by atoms with Gasteiger partial charge in [0.2, 0.25) is 11.8 Å². The topological polar surface area (TPSA) is 78.9 Å². The Hall–Kier alpha value is -2.29. The molecule has 156 valence electrons. The molecule has 9 heteroatoms. The fourth-order valence-corrected chi connectivity index (χ4v) is 2.83. The summed E-state index contributed by atoms with van der Waals surface area (Å²) in [5.41, 5.74) is -0.786. The van der Waals surface area contributed by atoms with Crippen LogP contribution < -0.4 is 10.1 Å². The van der Waals surface area contributed by atoms with Crippen LogP contribution in [0.25, 0.3) is 0 Å². The SMILES string of the molecule is O=C(CN1CCCCCCC1=O)NCC(O)COc1ccc(C(F)(F)F)cc1. The lowest BCUT2D eigenvalue weighted by Crippen LogP contribution is -2.44. The molecule has 1 atom stereocenters. The Balaban J connectivity index is 1.70. The third kappa shape index (κ3) is 7.38. The van der Waals surface area contributed by atoms with E-state index in [1.54, 1.807) is 0 Å². The molecule has 2 rings (SSSR count). The van der Waals surface area contributed by atoms with E-state index in [0.29, 0.717) is 13.0 Å². The summed E-state index contributed by atoms with van der Waals surface area (Å²) in [4.78, 5) is 25.5. The first kappa shape index (κ1) is 22.0. The van der Waals surface area contributed by atoms with Crippen molar-refractivity contribution < 1.29 is 32.6 Å². The number of aliphatic hydroxyl groups excluding tert-OH is 1. The fourth-order valence-electron chi connectivity index (χ4n) is 2.83. The molecule has 1 heterocycles. The van der Waals surface area contributed by atoms with E-state index in [0.717, 1.165) is 37.8 Å². The van der Waals surface area contributed by atoms with Gasteiger partial charge in [-0.2, -0.15) is 13.2 Å². The summed E-state index contributed by atoms with van der Waals surface area (Å²) in [6.45, 7) is 0.229. The molecule has 0 spiro atoms. The van der Waals surface area contributed by atoms with Gasteiger partial charge in [0.05, 0.1) is 12.1 Å². The standard InChI is InChI=1S/C19H25F3N2O4/c20-19(21,22)14-6-8-16(9-7-14)28-13-15(25)11-23-17(26)12-24-10-4-2-1-3-5-18(24)27/h6-9,15,25H,1-5,10-13H2,(H,23,26). The third-order valence-electron chi connectivity index (χ3n) is 4.41. The number of aliphatic hydroxyl groups is 1. The highest BCUT2D eigenvalue weighted by Gasteiger charge is 2.30. The number of halogens is 3. The van der Waals surface area contributed by atoms with Gasteiger partial charge < -0.3 is 20.1 Å². The van der Waals surface area contributed by atoms with Crippen LogP contribution in [-0.4, -0.2) is 54.2 Å². The number of amides is 2. The smallest absolute Gasteiger partial charge is 0.416 e. The highest BCUT2D eigenvalue weighted by molar-refractivity contribution is 5.84. The van der Waals surface area contributed by atoms with Crippen molar-refractivity contribution in [3.05, 3.63) is 29.8 Å². The fraction of sp³-hybridized carbons (Fsp3) is 0.579. The van der Waals surface area contributed by atoms with E-state index >= 15 is 0 Å². The Bertz CT molecular complexity index is 650. The number of benzene rings is 1. The summed E-state index contributed by atoms with van der Waals surface area (Å²) in [6.07, 6.45) is -1.26. The van der Waals surface area contributed by atoms with Crippen molar-refractivity contribution in [2.75, 3.05) is 26.2 Å². The van der Waals surface area contributed by atoms with Gasteiger partial charge in [0.15, 0.2) is 0 Å². The maximum absolute atomic E-state index is 12.5. The van der Waals surface area contributed by atoms with E-state index in [1.807, 2.05) is 0 Å². The molecule has 6 nitrogen and oxygen atoms in total. The lowest BCUT2D eigenvalue weighted by Gasteiger charge is -2.24. The molecule has 0 aliphatic carbocycles. The lowest BCUT2D eigenvalue weighted by atomic mass is 10.1. The minimum atomic E-state index is -4.42. The van der Waals surface area contributed by atoms with Gasteiger partial charge in [-0.3, -0.25) is 9.59 Å². The van der Waals surface area contributed by atoms with Crippen LogP contribution in [0.3, 0.4) is 0 Å². The van der Waals surface area contributed by atoms with Gasteiger partial charge in [-0.05, 0) is 37.1 Å². The zero-order chi connectivity index (χ0) is 20.6. The van der Waals surface area contributed by atoms with Crippen LogP contribution in [0.5, 0.6) is 5.75 Å². The van der Waals surface area contributed by atoms with Gasteiger partial charge in [-0.25, -0.2) is 0 Å². The van der Waals surface area contributed by atoms with Crippen molar-refractivity contribution in [1.82, 2.24) is 10.2 Å². The highest BCUT2D eigenvalue weighted by atomic mass is 19.4. The second kappa shape index (κ2) is 10.3. The average Bonchev–Trinajstić information content (AvgIpc) is 2.64. The maximum Gasteiger partial charge on any atom is 0.416 e. The number of alkyl halides is 3. The van der Waals surface area contributed by atoms with Crippen molar-refractivity contribution >= 4 is 11.8 Å². The summed E-state index contributed by atoms with van der Waals surface area (Å²) in [5, 5.41) is 12.4. The second-order valence-corrected chi connectivity index (χ2v) is 6.77. The molecule has 0 bridgehead atoms. The third-order valence-corrected chi connectivity index (χ3v) is 4.41.